The van der Waals surface area contributed by atoms with Gasteiger partial charge in [-0.2, -0.15) is 0 Å². The molecule has 1 aliphatic heterocycles. The quantitative estimate of drug-likeness (QED) is 0.480. The Morgan fingerprint density at radius 3 is 2.86 bits per heavy atom. The van der Waals surface area contributed by atoms with Gasteiger partial charge in [-0.3, -0.25) is 4.79 Å². The fourth-order valence-corrected chi connectivity index (χ4v) is 3.80. The van der Waals surface area contributed by atoms with E-state index in [1.807, 2.05) is 30.3 Å². The molecule has 1 aromatic rings. The van der Waals surface area contributed by atoms with Crippen LogP contribution in [0.4, 0.5) is 4.79 Å². The first-order valence-corrected chi connectivity index (χ1v) is 8.20. The first-order chi connectivity index (χ1) is 10.1. The van der Waals surface area contributed by atoms with Gasteiger partial charge in [-0.05, 0) is 12.0 Å². The third kappa shape index (κ3) is 3.30. The van der Waals surface area contributed by atoms with E-state index in [0.29, 0.717) is 6.42 Å². The van der Waals surface area contributed by atoms with Gasteiger partial charge in [0.1, 0.15) is 12.7 Å². The lowest BCUT2D eigenvalue weighted by molar-refractivity contribution is -0.143. The van der Waals surface area contributed by atoms with Crippen LogP contribution in [0.5, 0.6) is 0 Å². The molecule has 1 aliphatic carbocycles. The van der Waals surface area contributed by atoms with Crippen LogP contribution in [-0.2, 0) is 20.9 Å². The van der Waals surface area contributed by atoms with Gasteiger partial charge < -0.3 is 14.8 Å². The molecule has 112 valence electrons. The zero-order valence-electron chi connectivity index (χ0n) is 11.3. The number of benzene rings is 1. The molecule has 2 fully saturated rings. The molecule has 3 rings (SSSR count). The number of alkyl carbamates (subject to hydrolysis) is 1. The summed E-state index contributed by atoms with van der Waals surface area (Å²) < 4.78 is 10.7. The molecule has 2 bridgehead atoms. The number of hydrogen-bond donors (Lipinski definition) is 1. The summed E-state index contributed by atoms with van der Waals surface area (Å²) in [5.74, 6) is -0.433. The van der Waals surface area contributed by atoms with E-state index in [4.69, 9.17) is 9.47 Å². The van der Waals surface area contributed by atoms with Gasteiger partial charge in [0, 0.05) is 12.5 Å². The van der Waals surface area contributed by atoms with Gasteiger partial charge in [0.25, 0.3) is 0 Å². The fraction of sp³-hybridized carbons (Fsp3) is 0.467. The van der Waals surface area contributed by atoms with Crippen LogP contribution in [0.3, 0.4) is 0 Å². The van der Waals surface area contributed by atoms with Crippen molar-refractivity contribution in [2.75, 3.05) is 0 Å². The van der Waals surface area contributed by atoms with Crippen LogP contribution < -0.4 is 5.32 Å². The molecule has 1 aromatic carbocycles. The van der Waals surface area contributed by atoms with E-state index in [1.165, 1.54) is 0 Å². The van der Waals surface area contributed by atoms with E-state index >= 15 is 0 Å². The molecule has 1 saturated carbocycles. The molecule has 1 saturated heterocycles. The van der Waals surface area contributed by atoms with Crippen molar-refractivity contribution in [3.8, 4) is 0 Å². The van der Waals surface area contributed by atoms with Gasteiger partial charge in [0.15, 0.2) is 0 Å². The molecular weight excluding hydrogens is 385 g/mol. The highest BCUT2D eigenvalue weighted by Crippen LogP contribution is 2.38. The van der Waals surface area contributed by atoms with Crippen molar-refractivity contribution in [1.82, 2.24) is 5.32 Å². The van der Waals surface area contributed by atoms with Crippen LogP contribution in [0.15, 0.2) is 30.3 Å². The molecule has 6 heteroatoms. The van der Waals surface area contributed by atoms with Gasteiger partial charge >= 0.3 is 12.1 Å². The predicted octanol–water partition coefficient (Wildman–Crippen LogP) is 2.42. The molecule has 5 nitrogen and oxygen atoms in total. The molecule has 4 atom stereocenters. The van der Waals surface area contributed by atoms with Crippen molar-refractivity contribution in [2.24, 2.45) is 5.92 Å². The fourth-order valence-electron chi connectivity index (χ4n) is 2.82. The van der Waals surface area contributed by atoms with Crippen LogP contribution in [0.2, 0.25) is 0 Å². The van der Waals surface area contributed by atoms with Crippen LogP contribution >= 0.6 is 22.6 Å². The lowest BCUT2D eigenvalue weighted by Gasteiger charge is -2.28. The minimum atomic E-state index is -0.481. The average molecular weight is 401 g/mol. The number of rotatable bonds is 3. The molecule has 1 unspecified atom stereocenters. The number of nitrogens with one attached hydrogen (secondary N) is 1. The molecule has 1 amide bonds. The monoisotopic (exact) mass is 401 g/mol. The van der Waals surface area contributed by atoms with Gasteiger partial charge in [-0.1, -0.05) is 52.9 Å². The number of carbonyl (C=O) groups is 2. The van der Waals surface area contributed by atoms with E-state index in [9.17, 15) is 9.59 Å². The highest BCUT2D eigenvalue weighted by atomic mass is 127. The largest absolute Gasteiger partial charge is 0.461 e. The second-order valence-electron chi connectivity index (χ2n) is 5.38. The number of fused-ring (bicyclic) bond motifs is 2. The minimum Gasteiger partial charge on any atom is -0.461 e. The smallest absolute Gasteiger partial charge is 0.407 e. The summed E-state index contributed by atoms with van der Waals surface area (Å²) in [6.45, 7) is 0.227. The molecule has 1 N–H and O–H groups in total. The van der Waals surface area contributed by atoms with Crippen LogP contribution in [0, 0.1) is 5.92 Å². The maximum atomic E-state index is 11.9. The van der Waals surface area contributed by atoms with E-state index in [-0.39, 0.29) is 34.6 Å². The van der Waals surface area contributed by atoms with Crippen molar-refractivity contribution in [3.05, 3.63) is 35.9 Å². The van der Waals surface area contributed by atoms with Crippen molar-refractivity contribution in [3.63, 3.8) is 0 Å². The van der Waals surface area contributed by atoms with Crippen molar-refractivity contribution >= 4 is 34.7 Å². The minimum absolute atomic E-state index is 0.00138. The topological polar surface area (TPSA) is 64.6 Å². The normalized spacial score (nSPS) is 30.6. The number of carbonyl (C=O) groups excluding carboxylic acids is 2. The molecule has 21 heavy (non-hydrogen) atoms. The Balaban J connectivity index is 1.54. The van der Waals surface area contributed by atoms with Crippen LogP contribution in [0.1, 0.15) is 18.4 Å². The Labute approximate surface area is 136 Å². The Morgan fingerprint density at radius 2 is 2.10 bits per heavy atom. The number of halogens is 1. The number of esters is 1. The Bertz CT molecular complexity index is 536. The highest BCUT2D eigenvalue weighted by Gasteiger charge is 2.48. The highest BCUT2D eigenvalue weighted by molar-refractivity contribution is 14.1. The van der Waals surface area contributed by atoms with Crippen molar-refractivity contribution in [1.29, 1.82) is 0 Å². The lowest BCUT2D eigenvalue weighted by atomic mass is 9.85. The summed E-state index contributed by atoms with van der Waals surface area (Å²) in [5.41, 5.74) is 0.934. The van der Waals surface area contributed by atoms with E-state index in [0.717, 1.165) is 12.0 Å². The predicted molar refractivity (Wildman–Crippen MR) is 84.0 cm³/mol. The summed E-state index contributed by atoms with van der Waals surface area (Å²) in [5, 5.41) is 2.81. The molecule has 2 aliphatic rings. The first kappa shape index (κ1) is 14.6. The summed E-state index contributed by atoms with van der Waals surface area (Å²) in [7, 11) is 0. The molecule has 0 spiro atoms. The lowest BCUT2D eigenvalue weighted by Crippen LogP contribution is -2.46. The standard InChI is InChI=1S/C15H16INO4/c16-11-7-12(10-6-13(11)21-14(10)18)17-15(19)20-8-9-4-2-1-3-5-9/h1-5,10-13H,6-8H2,(H,17,19)/t10-,11+,12+,13?/m0/s1. The number of alkyl halides is 1. The van der Waals surface area contributed by atoms with Crippen LogP contribution in [0.25, 0.3) is 0 Å². The van der Waals surface area contributed by atoms with E-state index < -0.39 is 6.09 Å². The Kier molecular flexibility index (Phi) is 4.32. The second kappa shape index (κ2) is 6.21. The molecule has 1 heterocycles. The summed E-state index contributed by atoms with van der Waals surface area (Å²) in [6.07, 6.45) is 0.949. The maximum Gasteiger partial charge on any atom is 0.407 e. The summed E-state index contributed by atoms with van der Waals surface area (Å²) in [6, 6.07) is 9.30. The van der Waals surface area contributed by atoms with Gasteiger partial charge in [0.05, 0.1) is 9.84 Å². The third-order valence-electron chi connectivity index (χ3n) is 3.94. The molecular formula is C15H16INO4. The maximum absolute atomic E-state index is 11.9. The van der Waals surface area contributed by atoms with Gasteiger partial charge in [-0.25, -0.2) is 4.79 Å². The third-order valence-corrected chi connectivity index (χ3v) is 5.25. The van der Waals surface area contributed by atoms with Crippen molar-refractivity contribution < 1.29 is 19.1 Å². The zero-order valence-corrected chi connectivity index (χ0v) is 13.5. The van der Waals surface area contributed by atoms with E-state index in [2.05, 4.69) is 27.9 Å². The van der Waals surface area contributed by atoms with Gasteiger partial charge in [-0.15, -0.1) is 0 Å². The number of ether oxygens (including phenoxy) is 2. The average Bonchev–Trinajstić information content (AvgIpc) is 2.83. The number of hydrogen-bond acceptors (Lipinski definition) is 4. The SMILES string of the molecule is O=C(N[C@@H]1C[C@@H](I)C2C[C@@H]1C(=O)O2)OCc1ccccc1. The first-order valence-electron chi connectivity index (χ1n) is 6.95. The zero-order chi connectivity index (χ0) is 14.8. The molecule has 0 radical (unpaired) electrons. The second-order valence-corrected chi connectivity index (χ2v) is 6.98. The molecule has 0 aromatic heterocycles. The van der Waals surface area contributed by atoms with Crippen molar-refractivity contribution in [2.45, 2.75) is 35.5 Å². The Hall–Kier alpha value is -1.31. The van der Waals surface area contributed by atoms with Gasteiger partial charge in [0.2, 0.25) is 0 Å². The number of amides is 1. The summed E-state index contributed by atoms with van der Waals surface area (Å²) >= 11 is 2.28. The van der Waals surface area contributed by atoms with E-state index in [1.54, 1.807) is 0 Å². The Morgan fingerprint density at radius 1 is 1.33 bits per heavy atom. The van der Waals surface area contributed by atoms with Crippen LogP contribution in [-0.4, -0.2) is 28.1 Å². The summed E-state index contributed by atoms with van der Waals surface area (Å²) in [4.78, 5) is 23.6.